The second kappa shape index (κ2) is 8.60. The fourth-order valence-corrected chi connectivity index (χ4v) is 4.72. The Morgan fingerprint density at radius 1 is 0.882 bits per heavy atom. The molecule has 0 atom stereocenters. The summed E-state index contributed by atoms with van der Waals surface area (Å²) in [7, 11) is -4.05. The van der Waals surface area contributed by atoms with Crippen LogP contribution in [0.3, 0.4) is 0 Å². The first-order valence-electron chi connectivity index (χ1n) is 10.4. The van der Waals surface area contributed by atoms with Crippen molar-refractivity contribution in [2.45, 2.75) is 11.8 Å². The Balaban J connectivity index is 1.32. The number of hydrogen-bond acceptors (Lipinski definition) is 5. The summed E-state index contributed by atoms with van der Waals surface area (Å²) >= 11 is 0. The number of hydrogen-bond donors (Lipinski definition) is 3. The van der Waals surface area contributed by atoms with E-state index in [0.29, 0.717) is 22.8 Å². The zero-order valence-corrected chi connectivity index (χ0v) is 18.9. The fourth-order valence-electron chi connectivity index (χ4n) is 3.60. The zero-order valence-electron chi connectivity index (χ0n) is 18.1. The number of fused-ring (bicyclic) bond motifs is 1. The Labute approximate surface area is 195 Å². The van der Waals surface area contributed by atoms with E-state index < -0.39 is 20.7 Å². The molecule has 9 heteroatoms. The fraction of sp³-hybridized carbons (Fsp3) is 0.0400. The number of sulfonamides is 1. The van der Waals surface area contributed by atoms with E-state index >= 15 is 0 Å². The minimum absolute atomic E-state index is 0.314. The normalized spacial score (nSPS) is 11.5. The van der Waals surface area contributed by atoms with Crippen LogP contribution < -0.4 is 10.0 Å². The van der Waals surface area contributed by atoms with E-state index in [1.54, 1.807) is 37.3 Å². The number of anilines is 3. The molecular formula is C25H20FN5O2S. The third-order valence-electron chi connectivity index (χ3n) is 5.30. The Morgan fingerprint density at radius 3 is 2.47 bits per heavy atom. The second-order valence-corrected chi connectivity index (χ2v) is 9.46. The highest BCUT2D eigenvalue weighted by Gasteiger charge is 2.19. The summed E-state index contributed by atoms with van der Waals surface area (Å²) in [5.41, 5.74) is 4.45. The predicted molar refractivity (Wildman–Crippen MR) is 131 cm³/mol. The lowest BCUT2D eigenvalue weighted by Gasteiger charge is -2.11. The molecule has 7 nitrogen and oxygen atoms in total. The van der Waals surface area contributed by atoms with E-state index in [-0.39, 0.29) is 0 Å². The van der Waals surface area contributed by atoms with E-state index in [9.17, 15) is 12.8 Å². The minimum Gasteiger partial charge on any atom is -0.361 e. The molecule has 0 unspecified atom stereocenters. The van der Waals surface area contributed by atoms with Gasteiger partial charge in [-0.05, 0) is 67.1 Å². The number of nitrogens with zero attached hydrogens (tertiary/aromatic N) is 2. The van der Waals surface area contributed by atoms with Crippen LogP contribution in [-0.4, -0.2) is 23.4 Å². The number of benzene rings is 3. The average molecular weight is 474 g/mol. The highest BCUT2D eigenvalue weighted by molar-refractivity contribution is 7.92. The molecule has 5 rings (SSSR count). The van der Waals surface area contributed by atoms with E-state index in [1.807, 2.05) is 30.5 Å². The van der Waals surface area contributed by atoms with Gasteiger partial charge in [-0.25, -0.2) is 22.8 Å². The molecule has 2 heterocycles. The van der Waals surface area contributed by atoms with Crippen LogP contribution in [0, 0.1) is 12.7 Å². The third kappa shape index (κ3) is 4.46. The molecule has 0 bridgehead atoms. The number of halogens is 1. The van der Waals surface area contributed by atoms with Gasteiger partial charge in [-0.3, -0.25) is 4.72 Å². The molecule has 0 saturated heterocycles. The van der Waals surface area contributed by atoms with Crippen LogP contribution in [0.4, 0.5) is 21.6 Å². The van der Waals surface area contributed by atoms with Crippen LogP contribution in [0.15, 0.2) is 90.2 Å². The Bertz CT molecular complexity index is 1600. The van der Waals surface area contributed by atoms with Crippen molar-refractivity contribution in [1.82, 2.24) is 15.0 Å². The highest BCUT2D eigenvalue weighted by atomic mass is 32.2. The van der Waals surface area contributed by atoms with Gasteiger partial charge in [0.2, 0.25) is 0 Å². The monoisotopic (exact) mass is 473 g/mol. The van der Waals surface area contributed by atoms with Crippen molar-refractivity contribution in [1.29, 1.82) is 0 Å². The molecule has 2 aromatic heterocycles. The van der Waals surface area contributed by atoms with Crippen LogP contribution in [-0.2, 0) is 10.0 Å². The smallest absolute Gasteiger partial charge is 0.264 e. The minimum atomic E-state index is -4.05. The standard InChI is InChI=1S/C25H20FN5O2S/c1-16-2-9-24(21(26)12-16)34(32,33)31-20-6-4-19(5-7-20)30-25-14-23(28-15-29-25)17-3-8-22-18(13-17)10-11-27-22/h2-15,27,31H,1H3,(H,28,29,30). The van der Waals surface area contributed by atoms with Gasteiger partial charge in [0, 0.05) is 40.1 Å². The van der Waals surface area contributed by atoms with Gasteiger partial charge >= 0.3 is 0 Å². The van der Waals surface area contributed by atoms with E-state index in [0.717, 1.165) is 22.2 Å². The summed E-state index contributed by atoms with van der Waals surface area (Å²) in [6, 6.07) is 20.5. The Kier molecular flexibility index (Phi) is 5.46. The van der Waals surface area contributed by atoms with E-state index in [1.165, 1.54) is 18.5 Å². The van der Waals surface area contributed by atoms with Gasteiger partial charge in [-0.1, -0.05) is 12.1 Å². The maximum Gasteiger partial charge on any atom is 0.264 e. The molecule has 34 heavy (non-hydrogen) atoms. The highest BCUT2D eigenvalue weighted by Crippen LogP contribution is 2.26. The van der Waals surface area contributed by atoms with Crippen molar-refractivity contribution in [2.75, 3.05) is 10.0 Å². The largest absolute Gasteiger partial charge is 0.361 e. The first kappa shape index (κ1) is 21.6. The Morgan fingerprint density at radius 2 is 1.68 bits per heavy atom. The maximum atomic E-state index is 14.1. The summed E-state index contributed by atoms with van der Waals surface area (Å²) in [6.45, 7) is 1.69. The first-order chi connectivity index (χ1) is 16.4. The van der Waals surface area contributed by atoms with Crippen molar-refractivity contribution in [2.24, 2.45) is 0 Å². The van der Waals surface area contributed by atoms with Crippen LogP contribution in [0.25, 0.3) is 22.2 Å². The molecule has 0 aliphatic carbocycles. The molecule has 5 aromatic rings. The van der Waals surface area contributed by atoms with Crippen molar-refractivity contribution >= 4 is 38.1 Å². The molecule has 0 saturated carbocycles. The molecule has 0 fully saturated rings. The number of rotatable bonds is 6. The van der Waals surface area contributed by atoms with Crippen molar-refractivity contribution < 1.29 is 12.8 Å². The number of aromatic nitrogens is 3. The van der Waals surface area contributed by atoms with Crippen molar-refractivity contribution in [3.63, 3.8) is 0 Å². The molecule has 0 radical (unpaired) electrons. The van der Waals surface area contributed by atoms with Gasteiger partial charge in [0.1, 0.15) is 22.9 Å². The SMILES string of the molecule is Cc1ccc(S(=O)(=O)Nc2ccc(Nc3cc(-c4ccc5[nH]ccc5c4)ncn3)cc2)c(F)c1. The van der Waals surface area contributed by atoms with Crippen LogP contribution >= 0.6 is 0 Å². The van der Waals surface area contributed by atoms with Crippen molar-refractivity contribution in [3.05, 3.63) is 96.7 Å². The summed E-state index contributed by atoms with van der Waals surface area (Å²) in [5.74, 6) is -0.199. The number of H-pyrrole nitrogens is 1. The van der Waals surface area contributed by atoms with Gasteiger partial charge in [0.05, 0.1) is 5.69 Å². The molecule has 3 aromatic carbocycles. The lowest BCUT2D eigenvalue weighted by atomic mass is 10.1. The number of nitrogens with one attached hydrogen (secondary N) is 3. The van der Waals surface area contributed by atoms with Gasteiger partial charge in [0.25, 0.3) is 10.0 Å². The summed E-state index contributed by atoms with van der Waals surface area (Å²) in [4.78, 5) is 11.4. The van der Waals surface area contributed by atoms with Crippen molar-refractivity contribution in [3.8, 4) is 11.3 Å². The molecule has 0 aliphatic rings. The zero-order chi connectivity index (χ0) is 23.7. The summed E-state index contributed by atoms with van der Waals surface area (Å²) in [6.07, 6.45) is 3.38. The molecule has 170 valence electrons. The summed E-state index contributed by atoms with van der Waals surface area (Å²) in [5, 5.41) is 4.28. The van der Waals surface area contributed by atoms with Gasteiger partial charge in [0.15, 0.2) is 0 Å². The average Bonchev–Trinajstić information content (AvgIpc) is 3.28. The van der Waals surface area contributed by atoms with Gasteiger partial charge in [-0.2, -0.15) is 0 Å². The quantitative estimate of drug-likeness (QED) is 0.297. The molecule has 3 N–H and O–H groups in total. The lowest BCUT2D eigenvalue weighted by Crippen LogP contribution is -2.14. The van der Waals surface area contributed by atoms with Crippen LogP contribution in [0.2, 0.25) is 0 Å². The van der Waals surface area contributed by atoms with Gasteiger partial charge in [-0.15, -0.1) is 0 Å². The van der Waals surface area contributed by atoms with E-state index in [2.05, 4.69) is 31.1 Å². The second-order valence-electron chi connectivity index (χ2n) is 7.81. The predicted octanol–water partition coefficient (Wildman–Crippen LogP) is 5.62. The first-order valence-corrected chi connectivity index (χ1v) is 11.9. The molecular weight excluding hydrogens is 453 g/mol. The Hall–Kier alpha value is -4.24. The topological polar surface area (TPSA) is 99.8 Å². The molecule has 0 spiro atoms. The third-order valence-corrected chi connectivity index (χ3v) is 6.72. The number of aryl methyl sites for hydroxylation is 1. The molecule has 0 aliphatic heterocycles. The van der Waals surface area contributed by atoms with Gasteiger partial charge < -0.3 is 10.3 Å². The lowest BCUT2D eigenvalue weighted by molar-refractivity contribution is 0.569. The van der Waals surface area contributed by atoms with Crippen LogP contribution in [0.5, 0.6) is 0 Å². The van der Waals surface area contributed by atoms with Crippen LogP contribution in [0.1, 0.15) is 5.56 Å². The summed E-state index contributed by atoms with van der Waals surface area (Å²) < 4.78 is 41.7. The van der Waals surface area contributed by atoms with E-state index in [4.69, 9.17) is 0 Å². The molecule has 0 amide bonds. The maximum absolute atomic E-state index is 14.1. The number of aromatic amines is 1.